The van der Waals surface area contributed by atoms with Crippen molar-refractivity contribution in [3.05, 3.63) is 53.1 Å². The first kappa shape index (κ1) is 30.0. The minimum Gasteiger partial charge on any atom is -0.492 e. The predicted molar refractivity (Wildman–Crippen MR) is 158 cm³/mol. The molecule has 0 saturated carbocycles. The van der Waals surface area contributed by atoms with E-state index in [1.807, 2.05) is 78.8 Å². The summed E-state index contributed by atoms with van der Waals surface area (Å²) < 4.78 is 16.5. The number of nitrogens with zero attached hydrogens (tertiary/aromatic N) is 2. The second-order valence-electron chi connectivity index (χ2n) is 12.5. The molecule has 10 nitrogen and oxygen atoms in total. The maximum absolute atomic E-state index is 13.1. The molecule has 1 unspecified atom stereocenters. The fraction of sp³-hybridized carbons (Fsp3) is 0.516. The first-order valence-electron chi connectivity index (χ1n) is 14.1. The van der Waals surface area contributed by atoms with Gasteiger partial charge in [-0.05, 0) is 102 Å². The number of alkyl carbamates (subject to hydrolysis) is 1. The van der Waals surface area contributed by atoms with Crippen molar-refractivity contribution in [3.63, 3.8) is 0 Å². The lowest BCUT2D eigenvalue weighted by molar-refractivity contribution is 0.0217. The fourth-order valence-corrected chi connectivity index (χ4v) is 4.96. The smallest absolute Gasteiger partial charge is 0.410 e. The van der Waals surface area contributed by atoms with Crippen LogP contribution in [0.15, 0.2) is 36.4 Å². The van der Waals surface area contributed by atoms with Crippen molar-refractivity contribution in [1.82, 2.24) is 10.2 Å². The summed E-state index contributed by atoms with van der Waals surface area (Å²) in [4.78, 5) is 41.6. The highest BCUT2D eigenvalue weighted by molar-refractivity contribution is 6.05. The van der Waals surface area contributed by atoms with Crippen LogP contribution in [0.1, 0.15) is 63.0 Å². The zero-order valence-corrected chi connectivity index (χ0v) is 25.1. The lowest BCUT2D eigenvalue weighted by atomic mass is 10.1. The van der Waals surface area contributed by atoms with Crippen LogP contribution in [0.25, 0.3) is 0 Å². The molecule has 1 atom stereocenters. The first-order valence-corrected chi connectivity index (χ1v) is 14.1. The topological polar surface area (TPSA) is 109 Å². The number of amides is 3. The van der Waals surface area contributed by atoms with E-state index in [4.69, 9.17) is 14.2 Å². The molecule has 0 spiro atoms. The lowest BCUT2D eigenvalue weighted by Crippen LogP contribution is -2.54. The Morgan fingerprint density at radius 2 is 1.68 bits per heavy atom. The zero-order valence-electron chi connectivity index (χ0n) is 25.1. The monoisotopic (exact) mass is 566 g/mol. The number of hydrogen-bond donors (Lipinski definition) is 2. The van der Waals surface area contributed by atoms with Crippen LogP contribution in [-0.4, -0.2) is 73.0 Å². The Kier molecular flexibility index (Phi) is 8.70. The van der Waals surface area contributed by atoms with Crippen LogP contribution < -0.4 is 20.3 Å². The van der Waals surface area contributed by atoms with Crippen molar-refractivity contribution in [2.45, 2.75) is 72.1 Å². The van der Waals surface area contributed by atoms with Gasteiger partial charge in [-0.15, -0.1) is 0 Å². The van der Waals surface area contributed by atoms with Crippen LogP contribution in [0.3, 0.4) is 0 Å². The van der Waals surface area contributed by atoms with E-state index < -0.39 is 17.3 Å². The van der Waals surface area contributed by atoms with E-state index in [9.17, 15) is 14.4 Å². The quantitative estimate of drug-likeness (QED) is 0.467. The molecule has 222 valence electrons. The molecule has 0 aromatic heterocycles. The molecule has 2 aromatic rings. The standard InChI is InChI=1S/C31H42N4O6/c1-20-16-24(39-15-12-32-28(37)40-30(2,3)4)9-10-25(20)33-27(36)21-8-11-26-22(17-21)18-23-19-34(13-14-35(23)26)29(38)41-31(5,6)7/h8-11,16-17,23H,12-15,18-19H2,1-7H3,(H,32,37)(H,33,36). The molecule has 2 aliphatic rings. The van der Waals surface area contributed by atoms with Gasteiger partial charge in [0.25, 0.3) is 5.91 Å². The third kappa shape index (κ3) is 8.05. The largest absolute Gasteiger partial charge is 0.492 e. The first-order chi connectivity index (χ1) is 19.2. The van der Waals surface area contributed by atoms with Gasteiger partial charge >= 0.3 is 12.2 Å². The van der Waals surface area contributed by atoms with E-state index >= 15 is 0 Å². The number of carbonyl (C=O) groups excluding carboxylic acids is 3. The van der Waals surface area contributed by atoms with Crippen molar-refractivity contribution in [2.75, 3.05) is 43.0 Å². The van der Waals surface area contributed by atoms with E-state index in [1.54, 1.807) is 11.0 Å². The molecule has 3 amide bonds. The van der Waals surface area contributed by atoms with Crippen LogP contribution in [0.5, 0.6) is 5.75 Å². The molecular weight excluding hydrogens is 524 g/mol. The van der Waals surface area contributed by atoms with Crippen molar-refractivity contribution in [3.8, 4) is 5.75 Å². The Bertz CT molecular complexity index is 1300. The van der Waals surface area contributed by atoms with E-state index in [1.165, 1.54) is 0 Å². The summed E-state index contributed by atoms with van der Waals surface area (Å²) in [7, 11) is 0. The molecule has 10 heteroatoms. The van der Waals surface area contributed by atoms with Gasteiger partial charge in [0.1, 0.15) is 23.6 Å². The highest BCUT2D eigenvalue weighted by atomic mass is 16.6. The summed E-state index contributed by atoms with van der Waals surface area (Å²) in [5.41, 5.74) is 3.28. The number of benzene rings is 2. The van der Waals surface area contributed by atoms with Crippen LogP contribution in [0.2, 0.25) is 0 Å². The summed E-state index contributed by atoms with van der Waals surface area (Å²) in [6.45, 7) is 15.5. The second kappa shape index (κ2) is 11.9. The molecule has 0 aliphatic carbocycles. The number of fused-ring (bicyclic) bond motifs is 3. The van der Waals surface area contributed by atoms with Gasteiger partial charge in [0.2, 0.25) is 0 Å². The summed E-state index contributed by atoms with van der Waals surface area (Å²) in [6, 6.07) is 11.4. The van der Waals surface area contributed by atoms with Gasteiger partial charge in [0, 0.05) is 36.6 Å². The fourth-order valence-electron chi connectivity index (χ4n) is 4.96. The van der Waals surface area contributed by atoms with Crippen molar-refractivity contribution < 1.29 is 28.6 Å². The van der Waals surface area contributed by atoms with Gasteiger partial charge in [0.05, 0.1) is 12.6 Å². The maximum atomic E-state index is 13.1. The number of ether oxygens (including phenoxy) is 3. The number of nitrogens with one attached hydrogen (secondary N) is 2. The number of anilines is 2. The second-order valence-corrected chi connectivity index (χ2v) is 12.5. The number of aryl methyl sites for hydroxylation is 1. The number of hydrogen-bond acceptors (Lipinski definition) is 7. The van der Waals surface area contributed by atoms with Gasteiger partial charge in [-0.25, -0.2) is 9.59 Å². The summed E-state index contributed by atoms with van der Waals surface area (Å²) in [5.74, 6) is 0.451. The van der Waals surface area contributed by atoms with E-state index in [0.717, 1.165) is 29.8 Å². The third-order valence-corrected chi connectivity index (χ3v) is 6.73. The normalized spacial score (nSPS) is 16.4. The molecule has 2 heterocycles. The van der Waals surface area contributed by atoms with E-state index in [0.29, 0.717) is 36.6 Å². The Morgan fingerprint density at radius 1 is 0.951 bits per heavy atom. The molecular formula is C31H42N4O6. The predicted octanol–water partition coefficient (Wildman–Crippen LogP) is 5.13. The van der Waals surface area contributed by atoms with Crippen molar-refractivity contribution in [1.29, 1.82) is 0 Å². The number of rotatable bonds is 6. The third-order valence-electron chi connectivity index (χ3n) is 6.73. The molecule has 2 aromatic carbocycles. The van der Waals surface area contributed by atoms with Crippen molar-refractivity contribution >= 4 is 29.5 Å². The molecule has 2 aliphatic heterocycles. The molecule has 0 radical (unpaired) electrons. The van der Waals surface area contributed by atoms with Crippen molar-refractivity contribution in [2.24, 2.45) is 0 Å². The Balaban J connectivity index is 1.30. The average molecular weight is 567 g/mol. The van der Waals surface area contributed by atoms with Crippen LogP contribution >= 0.6 is 0 Å². The molecule has 1 fully saturated rings. The highest BCUT2D eigenvalue weighted by Gasteiger charge is 2.37. The van der Waals surface area contributed by atoms with Gasteiger partial charge in [-0.3, -0.25) is 4.79 Å². The van der Waals surface area contributed by atoms with E-state index in [2.05, 4.69) is 15.5 Å². The minimum atomic E-state index is -0.552. The lowest BCUT2D eigenvalue weighted by Gasteiger charge is -2.39. The van der Waals surface area contributed by atoms with Crippen LogP contribution in [0.4, 0.5) is 21.0 Å². The summed E-state index contributed by atoms with van der Waals surface area (Å²) >= 11 is 0. The Hall–Kier alpha value is -3.95. The number of carbonyl (C=O) groups is 3. The van der Waals surface area contributed by atoms with Gasteiger partial charge in [-0.1, -0.05) is 0 Å². The minimum absolute atomic E-state index is 0.165. The van der Waals surface area contributed by atoms with E-state index in [-0.39, 0.29) is 24.6 Å². The van der Waals surface area contributed by atoms with Crippen LogP contribution in [0, 0.1) is 6.92 Å². The molecule has 2 N–H and O–H groups in total. The maximum Gasteiger partial charge on any atom is 0.410 e. The molecule has 0 bridgehead atoms. The summed E-state index contributed by atoms with van der Waals surface area (Å²) in [5, 5.41) is 5.66. The summed E-state index contributed by atoms with van der Waals surface area (Å²) in [6.07, 6.45) is 0.00176. The Morgan fingerprint density at radius 3 is 2.37 bits per heavy atom. The Labute approximate surface area is 242 Å². The number of piperazine rings is 1. The van der Waals surface area contributed by atoms with Gasteiger partial charge in [-0.2, -0.15) is 0 Å². The average Bonchev–Trinajstić information content (AvgIpc) is 3.23. The highest BCUT2D eigenvalue weighted by Crippen LogP contribution is 2.35. The van der Waals surface area contributed by atoms with Gasteiger partial charge in [0.15, 0.2) is 0 Å². The molecule has 41 heavy (non-hydrogen) atoms. The molecule has 1 saturated heterocycles. The van der Waals surface area contributed by atoms with Gasteiger partial charge < -0.3 is 34.6 Å². The van der Waals surface area contributed by atoms with Crippen LogP contribution in [-0.2, 0) is 15.9 Å². The SMILES string of the molecule is Cc1cc(OCCNC(=O)OC(C)(C)C)ccc1NC(=O)c1ccc2c(c1)CC1CN(C(=O)OC(C)(C)C)CCN21. The molecule has 4 rings (SSSR count). The zero-order chi connectivity index (χ0) is 29.9.